The maximum Gasteiger partial charge on any atom is 0.337 e. The lowest BCUT2D eigenvalue weighted by molar-refractivity contribution is 0.0696. The Morgan fingerprint density at radius 2 is 2.18 bits per heavy atom. The number of nitrogens with zero attached hydrogens (tertiary/aromatic N) is 3. The zero-order valence-electron chi connectivity index (χ0n) is 12.4. The van der Waals surface area contributed by atoms with Crippen molar-refractivity contribution < 1.29 is 9.90 Å². The Balaban J connectivity index is 1.66. The van der Waals surface area contributed by atoms with E-state index in [2.05, 4.69) is 14.9 Å². The molecule has 22 heavy (non-hydrogen) atoms. The largest absolute Gasteiger partial charge is 0.478 e. The monoisotopic (exact) mass is 297 g/mol. The van der Waals surface area contributed by atoms with Crippen LogP contribution in [0.3, 0.4) is 0 Å². The van der Waals surface area contributed by atoms with Crippen molar-refractivity contribution >= 4 is 5.97 Å². The van der Waals surface area contributed by atoms with Crippen molar-refractivity contribution in [3.05, 3.63) is 59.7 Å². The minimum atomic E-state index is -0.931. The number of hydrogen-bond donors (Lipinski definition) is 1. The normalized spacial score (nSPS) is 19.0. The number of rotatable bonds is 4. The van der Waals surface area contributed by atoms with E-state index in [4.69, 9.17) is 5.11 Å². The standard InChI is InChI=1S/C17H19N3O2/c21-17(22)13-6-7-16(19-10-13)14-4-3-9-20(11-14)12-15-5-1-2-8-18-15/h1-2,5-8,10,14H,3-4,9,11-12H2,(H,21,22). The van der Waals surface area contributed by atoms with E-state index in [1.807, 2.05) is 30.5 Å². The number of aromatic carboxylic acids is 1. The maximum atomic E-state index is 10.9. The first-order chi connectivity index (χ1) is 10.7. The van der Waals surface area contributed by atoms with E-state index in [1.54, 1.807) is 6.07 Å². The van der Waals surface area contributed by atoms with Crippen LogP contribution in [0.25, 0.3) is 0 Å². The van der Waals surface area contributed by atoms with Gasteiger partial charge in [0.1, 0.15) is 0 Å². The van der Waals surface area contributed by atoms with Gasteiger partial charge in [0, 0.05) is 37.1 Å². The summed E-state index contributed by atoms with van der Waals surface area (Å²) in [5.74, 6) is -0.570. The number of piperidine rings is 1. The Hall–Kier alpha value is -2.27. The minimum absolute atomic E-state index is 0.241. The second-order valence-electron chi connectivity index (χ2n) is 5.67. The van der Waals surface area contributed by atoms with Gasteiger partial charge in [-0.3, -0.25) is 14.9 Å². The molecular weight excluding hydrogens is 278 g/mol. The van der Waals surface area contributed by atoms with Crippen molar-refractivity contribution in [2.24, 2.45) is 0 Å². The van der Waals surface area contributed by atoms with Crippen LogP contribution < -0.4 is 0 Å². The van der Waals surface area contributed by atoms with Gasteiger partial charge in [0.05, 0.1) is 11.3 Å². The van der Waals surface area contributed by atoms with E-state index in [0.29, 0.717) is 5.92 Å². The van der Waals surface area contributed by atoms with Crippen molar-refractivity contribution in [1.82, 2.24) is 14.9 Å². The van der Waals surface area contributed by atoms with Gasteiger partial charge in [-0.2, -0.15) is 0 Å². The summed E-state index contributed by atoms with van der Waals surface area (Å²) >= 11 is 0. The molecule has 0 aromatic carbocycles. The highest BCUT2D eigenvalue weighted by atomic mass is 16.4. The summed E-state index contributed by atoms with van der Waals surface area (Å²) in [7, 11) is 0. The van der Waals surface area contributed by atoms with Gasteiger partial charge in [0.2, 0.25) is 0 Å². The average Bonchev–Trinajstić information content (AvgIpc) is 2.56. The molecule has 1 aliphatic heterocycles. The molecule has 2 aromatic rings. The average molecular weight is 297 g/mol. The lowest BCUT2D eigenvalue weighted by Gasteiger charge is -2.32. The third-order valence-electron chi connectivity index (χ3n) is 4.07. The summed E-state index contributed by atoms with van der Waals surface area (Å²) in [5, 5.41) is 8.94. The van der Waals surface area contributed by atoms with Crippen LogP contribution in [0.15, 0.2) is 42.7 Å². The van der Waals surface area contributed by atoms with Crippen LogP contribution in [0.1, 0.15) is 40.5 Å². The Morgan fingerprint density at radius 3 is 2.86 bits per heavy atom. The summed E-state index contributed by atoms with van der Waals surface area (Å²) in [4.78, 5) is 22.0. The number of hydrogen-bond acceptors (Lipinski definition) is 4. The highest BCUT2D eigenvalue weighted by molar-refractivity contribution is 5.87. The molecule has 5 nitrogen and oxygen atoms in total. The van der Waals surface area contributed by atoms with Crippen molar-refractivity contribution in [3.63, 3.8) is 0 Å². The van der Waals surface area contributed by atoms with Crippen molar-refractivity contribution in [2.75, 3.05) is 13.1 Å². The molecular formula is C17H19N3O2. The highest BCUT2D eigenvalue weighted by Gasteiger charge is 2.22. The minimum Gasteiger partial charge on any atom is -0.478 e. The Kier molecular flexibility index (Phi) is 4.44. The van der Waals surface area contributed by atoms with Crippen molar-refractivity contribution in [2.45, 2.75) is 25.3 Å². The topological polar surface area (TPSA) is 66.3 Å². The van der Waals surface area contributed by atoms with Gasteiger partial charge in [-0.05, 0) is 43.7 Å². The zero-order chi connectivity index (χ0) is 15.4. The van der Waals surface area contributed by atoms with E-state index in [9.17, 15) is 4.79 Å². The van der Waals surface area contributed by atoms with Crippen molar-refractivity contribution in [3.8, 4) is 0 Å². The molecule has 0 amide bonds. The molecule has 2 aromatic heterocycles. The van der Waals surface area contributed by atoms with Crippen LogP contribution in [0, 0.1) is 0 Å². The van der Waals surface area contributed by atoms with Crippen LogP contribution in [-0.2, 0) is 6.54 Å². The van der Waals surface area contributed by atoms with Gasteiger partial charge in [-0.25, -0.2) is 4.79 Å². The number of carboxylic acid groups (broad SMARTS) is 1. The molecule has 0 bridgehead atoms. The molecule has 1 N–H and O–H groups in total. The summed E-state index contributed by atoms with van der Waals surface area (Å²) in [6.07, 6.45) is 5.50. The number of pyridine rings is 2. The Bertz CT molecular complexity index is 628. The fourth-order valence-electron chi connectivity index (χ4n) is 2.93. The van der Waals surface area contributed by atoms with E-state index in [0.717, 1.165) is 43.9 Å². The molecule has 0 radical (unpaired) electrons. The molecule has 3 heterocycles. The SMILES string of the molecule is O=C(O)c1ccc(C2CCCN(Cc3ccccn3)C2)nc1. The van der Waals surface area contributed by atoms with Gasteiger partial charge >= 0.3 is 5.97 Å². The maximum absolute atomic E-state index is 10.9. The van der Waals surface area contributed by atoms with Crippen molar-refractivity contribution in [1.29, 1.82) is 0 Å². The molecule has 0 spiro atoms. The first kappa shape index (κ1) is 14.7. The van der Waals surface area contributed by atoms with Crippen LogP contribution in [-0.4, -0.2) is 39.0 Å². The highest BCUT2D eigenvalue weighted by Crippen LogP contribution is 2.26. The molecule has 1 saturated heterocycles. The Labute approximate surface area is 129 Å². The molecule has 1 fully saturated rings. The van der Waals surface area contributed by atoms with E-state index in [-0.39, 0.29) is 5.56 Å². The van der Waals surface area contributed by atoms with Crippen LogP contribution in [0.5, 0.6) is 0 Å². The summed E-state index contributed by atoms with van der Waals surface area (Å²) in [6, 6.07) is 9.47. The summed E-state index contributed by atoms with van der Waals surface area (Å²) in [6.45, 7) is 2.86. The second-order valence-corrected chi connectivity index (χ2v) is 5.67. The number of likely N-dealkylation sites (tertiary alicyclic amines) is 1. The summed E-state index contributed by atoms with van der Waals surface area (Å²) in [5.41, 5.74) is 2.30. The predicted octanol–water partition coefficient (Wildman–Crippen LogP) is 2.55. The first-order valence-electron chi connectivity index (χ1n) is 7.54. The van der Waals surface area contributed by atoms with E-state index >= 15 is 0 Å². The van der Waals surface area contributed by atoms with Gasteiger partial charge in [0.25, 0.3) is 0 Å². The molecule has 5 heteroatoms. The Morgan fingerprint density at radius 1 is 1.27 bits per heavy atom. The zero-order valence-corrected chi connectivity index (χ0v) is 12.4. The van der Waals surface area contributed by atoms with Crippen LogP contribution in [0.2, 0.25) is 0 Å². The van der Waals surface area contributed by atoms with Gasteiger partial charge < -0.3 is 5.11 Å². The molecule has 0 saturated carbocycles. The fourth-order valence-corrected chi connectivity index (χ4v) is 2.93. The molecule has 0 aliphatic carbocycles. The molecule has 114 valence electrons. The quantitative estimate of drug-likeness (QED) is 0.939. The smallest absolute Gasteiger partial charge is 0.337 e. The molecule has 1 atom stereocenters. The lowest BCUT2D eigenvalue weighted by Crippen LogP contribution is -2.34. The van der Waals surface area contributed by atoms with Gasteiger partial charge in [-0.1, -0.05) is 6.07 Å². The molecule has 1 unspecified atom stereocenters. The predicted molar refractivity (Wildman–Crippen MR) is 82.7 cm³/mol. The number of carbonyl (C=O) groups is 1. The van der Waals surface area contributed by atoms with Crippen LogP contribution in [0.4, 0.5) is 0 Å². The van der Waals surface area contributed by atoms with Crippen LogP contribution >= 0.6 is 0 Å². The summed E-state index contributed by atoms with van der Waals surface area (Å²) < 4.78 is 0. The molecule has 3 rings (SSSR count). The second kappa shape index (κ2) is 6.66. The first-order valence-corrected chi connectivity index (χ1v) is 7.54. The lowest BCUT2D eigenvalue weighted by atomic mass is 9.94. The fraction of sp³-hybridized carbons (Fsp3) is 0.353. The van der Waals surface area contributed by atoms with Gasteiger partial charge in [-0.15, -0.1) is 0 Å². The third-order valence-corrected chi connectivity index (χ3v) is 4.07. The van der Waals surface area contributed by atoms with E-state index in [1.165, 1.54) is 6.20 Å². The van der Waals surface area contributed by atoms with E-state index < -0.39 is 5.97 Å². The number of aromatic nitrogens is 2. The third kappa shape index (κ3) is 3.49. The van der Waals surface area contributed by atoms with Gasteiger partial charge in [0.15, 0.2) is 0 Å². The number of carboxylic acids is 1. The molecule has 1 aliphatic rings.